The molecule has 1 aromatic carbocycles. The van der Waals surface area contributed by atoms with Crippen LogP contribution in [-0.2, 0) is 6.42 Å². The fraction of sp³-hybridized carbons (Fsp3) is 0.462. The first-order chi connectivity index (χ1) is 17.1. The number of nitrogens with one attached hydrogen (secondary N) is 1. The Bertz CT molecular complexity index is 1100. The van der Waals surface area contributed by atoms with Crippen LogP contribution < -0.4 is 10.1 Å². The van der Waals surface area contributed by atoms with Crippen molar-refractivity contribution < 1.29 is 13.5 Å². The van der Waals surface area contributed by atoms with Crippen molar-refractivity contribution in [3.8, 4) is 17.3 Å². The van der Waals surface area contributed by atoms with Gasteiger partial charge in [-0.1, -0.05) is 37.3 Å². The van der Waals surface area contributed by atoms with Crippen LogP contribution in [0.15, 0.2) is 30.7 Å². The first-order valence-electron chi connectivity index (χ1n) is 12.1. The molecule has 9 heteroatoms. The summed E-state index contributed by atoms with van der Waals surface area (Å²) < 4.78 is 35.6. The number of hydrogen-bond donors (Lipinski definition) is 1. The SMILES string of the molecule is CNCCCOc1cc(F)c(Cc2c(Cl)nc(-c3cnccn3)nc2C2CCCCCC2)c(F)c1. The molecule has 3 aromatic rings. The van der Waals surface area contributed by atoms with Crippen LogP contribution in [0.2, 0.25) is 5.15 Å². The van der Waals surface area contributed by atoms with Gasteiger partial charge < -0.3 is 10.1 Å². The second-order valence-corrected chi connectivity index (χ2v) is 9.19. The van der Waals surface area contributed by atoms with Crippen molar-refractivity contribution in [3.63, 3.8) is 0 Å². The molecule has 186 valence electrons. The lowest BCUT2D eigenvalue weighted by Gasteiger charge is -2.20. The molecule has 0 spiro atoms. The standard InChI is InChI=1S/C26H30ClF2N5O/c1-30-9-6-12-35-18-13-21(28)19(22(29)14-18)15-20-24(17-7-4-2-3-5-8-17)33-26(34-25(20)27)23-16-31-10-11-32-23/h10-11,13-14,16-17,30H,2-9,12,15H2,1H3. The molecule has 6 nitrogen and oxygen atoms in total. The highest BCUT2D eigenvalue weighted by atomic mass is 35.5. The van der Waals surface area contributed by atoms with Gasteiger partial charge in [0, 0.05) is 48.0 Å². The van der Waals surface area contributed by atoms with E-state index in [1.54, 1.807) is 18.6 Å². The number of rotatable bonds is 9. The van der Waals surface area contributed by atoms with Gasteiger partial charge in [-0.15, -0.1) is 0 Å². The lowest BCUT2D eigenvalue weighted by molar-refractivity contribution is 0.306. The number of benzene rings is 1. The summed E-state index contributed by atoms with van der Waals surface area (Å²) in [7, 11) is 1.84. The maximum atomic E-state index is 15.1. The van der Waals surface area contributed by atoms with E-state index in [1.807, 2.05) is 7.05 Å². The Morgan fingerprint density at radius 2 is 1.77 bits per heavy atom. The molecule has 1 fully saturated rings. The van der Waals surface area contributed by atoms with Crippen LogP contribution in [-0.4, -0.2) is 40.1 Å². The molecular formula is C26H30ClF2N5O. The summed E-state index contributed by atoms with van der Waals surface area (Å²) in [6, 6.07) is 2.46. The number of halogens is 3. The number of aromatic nitrogens is 4. The fourth-order valence-electron chi connectivity index (χ4n) is 4.50. The smallest absolute Gasteiger partial charge is 0.181 e. The molecule has 0 bridgehead atoms. The number of hydrogen-bond acceptors (Lipinski definition) is 6. The molecule has 1 aliphatic rings. The van der Waals surface area contributed by atoms with E-state index in [-0.39, 0.29) is 28.8 Å². The van der Waals surface area contributed by atoms with Gasteiger partial charge in [-0.05, 0) is 32.9 Å². The van der Waals surface area contributed by atoms with Gasteiger partial charge in [0.15, 0.2) is 5.82 Å². The predicted molar refractivity (Wildman–Crippen MR) is 132 cm³/mol. The van der Waals surface area contributed by atoms with Crippen LogP contribution >= 0.6 is 11.6 Å². The summed E-state index contributed by atoms with van der Waals surface area (Å²) in [5, 5.41) is 3.20. The van der Waals surface area contributed by atoms with E-state index in [4.69, 9.17) is 21.3 Å². The zero-order valence-electron chi connectivity index (χ0n) is 19.9. The van der Waals surface area contributed by atoms with E-state index in [9.17, 15) is 0 Å². The zero-order chi connectivity index (χ0) is 24.6. The molecule has 0 saturated heterocycles. The molecule has 1 saturated carbocycles. The topological polar surface area (TPSA) is 72.8 Å². The van der Waals surface area contributed by atoms with Crippen molar-refractivity contribution in [2.75, 3.05) is 20.2 Å². The largest absolute Gasteiger partial charge is 0.493 e. The van der Waals surface area contributed by atoms with Crippen molar-refractivity contribution in [1.29, 1.82) is 0 Å². The van der Waals surface area contributed by atoms with E-state index in [1.165, 1.54) is 25.0 Å². The van der Waals surface area contributed by atoms with Crippen molar-refractivity contribution in [3.05, 3.63) is 64.3 Å². The Labute approximate surface area is 209 Å². The molecule has 0 aliphatic heterocycles. The normalized spacial score (nSPS) is 14.6. The van der Waals surface area contributed by atoms with Gasteiger partial charge in [0.1, 0.15) is 28.2 Å². The third-order valence-electron chi connectivity index (χ3n) is 6.33. The van der Waals surface area contributed by atoms with Crippen molar-refractivity contribution in [2.24, 2.45) is 0 Å². The first-order valence-corrected chi connectivity index (χ1v) is 12.5. The maximum absolute atomic E-state index is 15.1. The minimum atomic E-state index is -0.672. The monoisotopic (exact) mass is 501 g/mol. The van der Waals surface area contributed by atoms with Gasteiger partial charge in [0.05, 0.1) is 18.5 Å². The predicted octanol–water partition coefficient (Wildman–Crippen LogP) is 5.88. The Morgan fingerprint density at radius 1 is 1.03 bits per heavy atom. The summed E-state index contributed by atoms with van der Waals surface area (Å²) in [4.78, 5) is 17.7. The Hall–Kier alpha value is -2.71. The molecule has 0 amide bonds. The fourth-order valence-corrected chi connectivity index (χ4v) is 4.75. The van der Waals surface area contributed by atoms with Gasteiger partial charge in [0.25, 0.3) is 0 Å². The Balaban J connectivity index is 1.68. The van der Waals surface area contributed by atoms with Crippen molar-refractivity contribution >= 4 is 11.6 Å². The van der Waals surface area contributed by atoms with E-state index < -0.39 is 11.6 Å². The van der Waals surface area contributed by atoms with Gasteiger partial charge in [-0.25, -0.2) is 23.7 Å². The molecule has 2 aromatic heterocycles. The summed E-state index contributed by atoms with van der Waals surface area (Å²) in [6.07, 6.45) is 11.8. The van der Waals surface area contributed by atoms with Crippen LogP contribution in [0.25, 0.3) is 11.5 Å². The van der Waals surface area contributed by atoms with E-state index in [0.717, 1.165) is 44.3 Å². The molecule has 2 heterocycles. The summed E-state index contributed by atoms with van der Waals surface area (Å²) in [5.74, 6) is -0.658. The highest BCUT2D eigenvalue weighted by molar-refractivity contribution is 6.30. The van der Waals surface area contributed by atoms with E-state index in [2.05, 4.69) is 20.3 Å². The van der Waals surface area contributed by atoms with Crippen LogP contribution in [0.5, 0.6) is 5.75 Å². The van der Waals surface area contributed by atoms with Crippen LogP contribution in [0, 0.1) is 11.6 Å². The lowest BCUT2D eigenvalue weighted by atomic mass is 9.90. The third kappa shape index (κ3) is 6.49. The highest BCUT2D eigenvalue weighted by Crippen LogP contribution is 2.37. The minimum absolute atomic E-state index is 0.0386. The quantitative estimate of drug-likeness (QED) is 0.224. The maximum Gasteiger partial charge on any atom is 0.181 e. The second kappa shape index (κ2) is 12.3. The first kappa shape index (κ1) is 25.4. The highest BCUT2D eigenvalue weighted by Gasteiger charge is 2.25. The third-order valence-corrected chi connectivity index (χ3v) is 6.64. The Morgan fingerprint density at radius 3 is 2.43 bits per heavy atom. The lowest BCUT2D eigenvalue weighted by Crippen LogP contribution is -2.12. The molecular weight excluding hydrogens is 472 g/mol. The molecule has 0 radical (unpaired) electrons. The second-order valence-electron chi connectivity index (χ2n) is 8.83. The van der Waals surface area contributed by atoms with Crippen LogP contribution in [0.4, 0.5) is 8.78 Å². The average Bonchev–Trinajstić information content (AvgIpc) is 3.15. The van der Waals surface area contributed by atoms with Crippen molar-refractivity contribution in [1.82, 2.24) is 25.3 Å². The van der Waals surface area contributed by atoms with Crippen molar-refractivity contribution in [2.45, 2.75) is 57.3 Å². The summed E-state index contributed by atoms with van der Waals surface area (Å²) in [6.45, 7) is 1.13. The van der Waals surface area contributed by atoms with E-state index in [0.29, 0.717) is 23.7 Å². The van der Waals surface area contributed by atoms with Gasteiger partial charge in [0.2, 0.25) is 0 Å². The molecule has 0 unspecified atom stereocenters. The zero-order valence-corrected chi connectivity index (χ0v) is 20.6. The van der Waals surface area contributed by atoms with Gasteiger partial charge in [-0.2, -0.15) is 0 Å². The Kier molecular flexibility index (Phi) is 8.93. The van der Waals surface area contributed by atoms with Crippen LogP contribution in [0.3, 0.4) is 0 Å². The number of ether oxygens (including phenoxy) is 1. The molecule has 4 rings (SSSR count). The van der Waals surface area contributed by atoms with Crippen LogP contribution in [0.1, 0.15) is 67.7 Å². The van der Waals surface area contributed by atoms with E-state index >= 15 is 8.78 Å². The molecule has 35 heavy (non-hydrogen) atoms. The minimum Gasteiger partial charge on any atom is -0.493 e. The number of nitrogens with zero attached hydrogens (tertiary/aromatic N) is 4. The van der Waals surface area contributed by atoms with Gasteiger partial charge in [-0.3, -0.25) is 4.98 Å². The molecule has 1 aliphatic carbocycles. The average molecular weight is 502 g/mol. The summed E-state index contributed by atoms with van der Waals surface area (Å²) >= 11 is 6.65. The molecule has 0 atom stereocenters. The summed E-state index contributed by atoms with van der Waals surface area (Å²) in [5.41, 5.74) is 1.75. The van der Waals surface area contributed by atoms with Gasteiger partial charge >= 0.3 is 0 Å². The molecule has 1 N–H and O–H groups in total.